The lowest BCUT2D eigenvalue weighted by Crippen LogP contribution is -1.76. The van der Waals surface area contributed by atoms with Crippen molar-refractivity contribution in [1.82, 2.24) is 0 Å². The molecule has 0 amide bonds. The van der Waals surface area contributed by atoms with Gasteiger partial charge in [-0.05, 0) is 35.7 Å². The maximum atomic E-state index is 5.63. The van der Waals surface area contributed by atoms with Crippen LogP contribution in [0.3, 0.4) is 0 Å². The van der Waals surface area contributed by atoms with Crippen molar-refractivity contribution in [2.75, 3.05) is 0 Å². The third-order valence-corrected chi connectivity index (χ3v) is 1.89. The number of benzene rings is 2. The van der Waals surface area contributed by atoms with Gasteiger partial charge in [0.25, 0.3) is 0 Å². The zero-order valence-corrected chi connectivity index (χ0v) is 6.62. The molecule has 0 N–H and O–H groups in total. The van der Waals surface area contributed by atoms with E-state index in [-0.39, 0.29) is 0 Å². The van der Waals surface area contributed by atoms with E-state index in [1.807, 2.05) is 36.4 Å². The maximum Gasteiger partial charge on any atom is -0.00118 e. The van der Waals surface area contributed by atoms with Gasteiger partial charge in [0, 0.05) is 0 Å². The number of fused-ring (bicyclic) bond motifs is 1. The Labute approximate surface area is 72.8 Å². The molecule has 12 heavy (non-hydrogen) atoms. The Morgan fingerprint density at radius 2 is 1.08 bits per heavy atom. The summed E-state index contributed by atoms with van der Waals surface area (Å²) in [5, 5.41) is 2.26. The lowest BCUT2D eigenvalue weighted by atomic mass is 10.1. The zero-order valence-electron chi connectivity index (χ0n) is 6.62. The molecule has 0 atom stereocenters. The van der Waals surface area contributed by atoms with E-state index in [2.05, 4.69) is 0 Å². The van der Waals surface area contributed by atoms with Crippen LogP contribution in [0.5, 0.6) is 0 Å². The van der Waals surface area contributed by atoms with E-state index >= 15 is 0 Å². The van der Waals surface area contributed by atoms with Crippen molar-refractivity contribution in [3.63, 3.8) is 0 Å². The molecule has 0 heteroatoms. The molecule has 0 unspecified atom stereocenters. The van der Waals surface area contributed by atoms with Gasteiger partial charge in [-0.25, -0.2) is 0 Å². The first-order chi connectivity index (χ1) is 5.75. The zero-order chi connectivity index (χ0) is 8.55. The van der Waals surface area contributed by atoms with E-state index in [9.17, 15) is 0 Å². The SMILES string of the molecule is [CH]c1ccc2cc([CH])ccc2c1. The van der Waals surface area contributed by atoms with Crippen LogP contribution in [0.15, 0.2) is 36.4 Å². The number of hydrogen-bond acceptors (Lipinski definition) is 0. The van der Waals surface area contributed by atoms with E-state index in [0.717, 1.165) is 21.9 Å². The summed E-state index contributed by atoms with van der Waals surface area (Å²) in [7, 11) is 0. The third-order valence-electron chi connectivity index (χ3n) is 1.89. The van der Waals surface area contributed by atoms with Gasteiger partial charge >= 0.3 is 0 Å². The highest BCUT2D eigenvalue weighted by molar-refractivity contribution is 5.84. The van der Waals surface area contributed by atoms with E-state index in [4.69, 9.17) is 13.8 Å². The molecule has 0 aliphatic carbocycles. The predicted molar refractivity (Wildman–Crippen MR) is 50.8 cm³/mol. The second-order valence-electron chi connectivity index (χ2n) is 2.87. The fraction of sp³-hybridized carbons (Fsp3) is 0. The molecule has 56 valence electrons. The van der Waals surface area contributed by atoms with Crippen molar-refractivity contribution in [1.29, 1.82) is 0 Å². The summed E-state index contributed by atoms with van der Waals surface area (Å²) in [6.45, 7) is 11.3. The maximum absolute atomic E-state index is 5.63. The van der Waals surface area contributed by atoms with E-state index in [0.29, 0.717) is 0 Å². The molecule has 0 aromatic heterocycles. The molecule has 0 saturated heterocycles. The van der Waals surface area contributed by atoms with Gasteiger partial charge in [0.05, 0.1) is 0 Å². The Hall–Kier alpha value is -1.30. The summed E-state index contributed by atoms with van der Waals surface area (Å²) in [5.41, 5.74) is 1.57. The van der Waals surface area contributed by atoms with Crippen LogP contribution in [-0.2, 0) is 0 Å². The molecule has 0 nitrogen and oxygen atoms in total. The van der Waals surface area contributed by atoms with Crippen molar-refractivity contribution in [3.8, 4) is 0 Å². The molecule has 2 aromatic carbocycles. The Kier molecular flexibility index (Phi) is 1.61. The van der Waals surface area contributed by atoms with Gasteiger partial charge in [-0.2, -0.15) is 0 Å². The second kappa shape index (κ2) is 2.63. The smallest absolute Gasteiger partial charge is 0.00118 e. The van der Waals surface area contributed by atoms with E-state index in [1.165, 1.54) is 0 Å². The quantitative estimate of drug-likeness (QED) is 0.544. The molecule has 0 heterocycles. The highest BCUT2D eigenvalue weighted by atomic mass is 14.0. The second-order valence-corrected chi connectivity index (χ2v) is 2.87. The van der Waals surface area contributed by atoms with Gasteiger partial charge in [0.15, 0.2) is 0 Å². The van der Waals surface area contributed by atoms with Gasteiger partial charge in [-0.1, -0.05) is 36.4 Å². The molecule has 0 aliphatic heterocycles. The minimum atomic E-state index is 0.785. The molecule has 4 radical (unpaired) electrons. The fourth-order valence-corrected chi connectivity index (χ4v) is 1.28. The molecule has 0 spiro atoms. The largest absolute Gasteiger partial charge is 0.0581 e. The van der Waals surface area contributed by atoms with Crippen LogP contribution in [0, 0.1) is 13.8 Å². The van der Waals surface area contributed by atoms with Crippen molar-refractivity contribution >= 4 is 10.8 Å². The first-order valence-corrected chi connectivity index (χ1v) is 3.80. The third kappa shape index (κ3) is 1.20. The highest BCUT2D eigenvalue weighted by Gasteiger charge is 1.92. The van der Waals surface area contributed by atoms with Crippen LogP contribution in [0.4, 0.5) is 0 Å². The molecule has 0 aliphatic rings. The Bertz CT molecular complexity index is 372. The normalized spacial score (nSPS) is 10.5. The molecule has 0 bridgehead atoms. The van der Waals surface area contributed by atoms with Crippen LogP contribution < -0.4 is 0 Å². The summed E-state index contributed by atoms with van der Waals surface area (Å²) in [6.07, 6.45) is 0. The van der Waals surface area contributed by atoms with E-state index < -0.39 is 0 Å². The van der Waals surface area contributed by atoms with Crippen molar-refractivity contribution in [2.45, 2.75) is 0 Å². The average molecular weight is 152 g/mol. The van der Waals surface area contributed by atoms with Crippen LogP contribution >= 0.6 is 0 Å². The van der Waals surface area contributed by atoms with Crippen molar-refractivity contribution < 1.29 is 0 Å². The average Bonchev–Trinajstić information content (AvgIpc) is 2.05. The standard InChI is InChI=1S/C12H8/c1-9-3-5-12-8-10(2)4-6-11(12)7-9/h1-8H. The van der Waals surface area contributed by atoms with E-state index in [1.54, 1.807) is 0 Å². The molecular weight excluding hydrogens is 144 g/mol. The molecule has 0 saturated carbocycles. The monoisotopic (exact) mass is 152 g/mol. The van der Waals surface area contributed by atoms with Crippen LogP contribution in [-0.4, -0.2) is 0 Å². The Balaban J connectivity index is 2.79. The number of hydrogen-bond donors (Lipinski definition) is 0. The van der Waals surface area contributed by atoms with Gasteiger partial charge in [-0.15, -0.1) is 0 Å². The summed E-state index contributed by atoms with van der Waals surface area (Å²) in [6, 6.07) is 11.6. The Morgan fingerprint density at radius 1 is 0.667 bits per heavy atom. The van der Waals surface area contributed by atoms with Gasteiger partial charge in [0.2, 0.25) is 0 Å². The predicted octanol–water partition coefficient (Wildman–Crippen LogP) is 2.96. The van der Waals surface area contributed by atoms with Gasteiger partial charge in [0.1, 0.15) is 0 Å². The van der Waals surface area contributed by atoms with Crippen molar-refractivity contribution in [2.24, 2.45) is 0 Å². The molecule has 2 aromatic rings. The summed E-state index contributed by atoms with van der Waals surface area (Å²) in [4.78, 5) is 0. The summed E-state index contributed by atoms with van der Waals surface area (Å²) in [5.74, 6) is 0. The van der Waals surface area contributed by atoms with Gasteiger partial charge in [-0.3, -0.25) is 0 Å². The molecule has 0 fully saturated rings. The van der Waals surface area contributed by atoms with Crippen molar-refractivity contribution in [3.05, 3.63) is 61.4 Å². The minimum absolute atomic E-state index is 0.785. The Morgan fingerprint density at radius 3 is 1.50 bits per heavy atom. The molecular formula is C12H8. The lowest BCUT2D eigenvalue weighted by Gasteiger charge is -1.99. The van der Waals surface area contributed by atoms with Crippen LogP contribution in [0.2, 0.25) is 0 Å². The first-order valence-electron chi connectivity index (χ1n) is 3.80. The minimum Gasteiger partial charge on any atom is -0.0581 e. The van der Waals surface area contributed by atoms with Crippen LogP contribution in [0.1, 0.15) is 11.1 Å². The topological polar surface area (TPSA) is 0 Å². The molecule has 2 rings (SSSR count). The van der Waals surface area contributed by atoms with Crippen LogP contribution in [0.25, 0.3) is 10.8 Å². The fourth-order valence-electron chi connectivity index (χ4n) is 1.28. The van der Waals surface area contributed by atoms with Gasteiger partial charge < -0.3 is 0 Å². The highest BCUT2D eigenvalue weighted by Crippen LogP contribution is 2.16. The first kappa shape index (κ1) is 7.35. The number of rotatable bonds is 0. The summed E-state index contributed by atoms with van der Waals surface area (Å²) < 4.78 is 0. The summed E-state index contributed by atoms with van der Waals surface area (Å²) >= 11 is 0. The lowest BCUT2D eigenvalue weighted by molar-refractivity contribution is 1.63.